The molecule has 0 saturated heterocycles. The molecule has 0 saturated carbocycles. The number of rotatable bonds is 5. The van der Waals surface area contributed by atoms with Crippen LogP contribution in [-0.2, 0) is 16.1 Å². The monoisotopic (exact) mass is 435 g/mol. The lowest BCUT2D eigenvalue weighted by Crippen LogP contribution is -2.21. The van der Waals surface area contributed by atoms with Crippen molar-refractivity contribution < 1.29 is 9.53 Å². The summed E-state index contributed by atoms with van der Waals surface area (Å²) in [7, 11) is 3.71. The van der Waals surface area contributed by atoms with Crippen molar-refractivity contribution in [2.45, 2.75) is 13.5 Å². The molecule has 4 aromatic rings. The van der Waals surface area contributed by atoms with Gasteiger partial charge in [0.25, 0.3) is 0 Å². The summed E-state index contributed by atoms with van der Waals surface area (Å²) >= 11 is 6.52. The number of pyridine rings is 2. The second kappa shape index (κ2) is 8.40. The maximum Gasteiger partial charge on any atom is 0.325 e. The van der Waals surface area contributed by atoms with Crippen LogP contribution >= 0.6 is 11.6 Å². The van der Waals surface area contributed by atoms with Crippen LogP contribution in [0.25, 0.3) is 32.9 Å². The number of halogens is 1. The molecule has 0 aliphatic rings. The highest BCUT2D eigenvalue weighted by atomic mass is 35.5. The predicted octanol–water partition coefficient (Wildman–Crippen LogP) is 4.50. The van der Waals surface area contributed by atoms with Crippen molar-refractivity contribution in [3.63, 3.8) is 0 Å². The summed E-state index contributed by atoms with van der Waals surface area (Å²) in [6.07, 6.45) is 3.47. The SMILES string of the molecule is CCOC(=O)Cn1c2cc(-c3cccnc3)ccc2c(=O)c2ccc(Cl)c(N(C)C)c21. The first kappa shape index (κ1) is 20.9. The molecule has 0 radical (unpaired) electrons. The molecule has 0 unspecified atom stereocenters. The van der Waals surface area contributed by atoms with Gasteiger partial charge in [0.2, 0.25) is 0 Å². The first-order chi connectivity index (χ1) is 14.9. The van der Waals surface area contributed by atoms with Crippen molar-refractivity contribution in [3.05, 3.63) is 70.1 Å². The smallest absolute Gasteiger partial charge is 0.325 e. The van der Waals surface area contributed by atoms with E-state index < -0.39 is 0 Å². The molecule has 0 fully saturated rings. The third kappa shape index (κ3) is 3.75. The molecule has 6 nitrogen and oxygen atoms in total. The number of benzene rings is 2. The van der Waals surface area contributed by atoms with E-state index in [1.54, 1.807) is 37.5 Å². The molecule has 2 aromatic heterocycles. The Labute approximate surface area is 184 Å². The Balaban J connectivity index is 2.14. The summed E-state index contributed by atoms with van der Waals surface area (Å²) in [4.78, 5) is 31.9. The number of anilines is 1. The molecular formula is C24H22ClN3O3. The van der Waals surface area contributed by atoms with Crippen LogP contribution in [0.5, 0.6) is 0 Å². The summed E-state index contributed by atoms with van der Waals surface area (Å²) < 4.78 is 7.05. The highest BCUT2D eigenvalue weighted by Gasteiger charge is 2.20. The molecular weight excluding hydrogens is 414 g/mol. The number of nitrogens with zero attached hydrogens (tertiary/aromatic N) is 3. The van der Waals surface area contributed by atoms with Gasteiger partial charge in [-0.05, 0) is 42.8 Å². The van der Waals surface area contributed by atoms with Gasteiger partial charge in [0.1, 0.15) is 6.54 Å². The van der Waals surface area contributed by atoms with Gasteiger partial charge in [-0.15, -0.1) is 0 Å². The topological polar surface area (TPSA) is 64.4 Å². The Hall–Kier alpha value is -3.38. The zero-order valence-corrected chi connectivity index (χ0v) is 18.3. The van der Waals surface area contributed by atoms with Crippen LogP contribution in [0.3, 0.4) is 0 Å². The maximum atomic E-state index is 13.4. The average molecular weight is 436 g/mol. The van der Waals surface area contributed by atoms with Gasteiger partial charge in [-0.3, -0.25) is 14.6 Å². The standard InChI is InChI=1S/C24H22ClN3O3/c1-4-31-21(29)14-28-20-12-15(16-6-5-11-26-13-16)7-8-17(20)24(30)18-9-10-19(25)23(22(18)28)27(2)3/h5-13H,4,14H2,1-3H3. The van der Waals surface area contributed by atoms with E-state index in [2.05, 4.69) is 4.98 Å². The van der Waals surface area contributed by atoms with Gasteiger partial charge >= 0.3 is 5.97 Å². The van der Waals surface area contributed by atoms with Gasteiger partial charge in [-0.1, -0.05) is 23.7 Å². The Morgan fingerprint density at radius 2 is 1.90 bits per heavy atom. The van der Waals surface area contributed by atoms with Crippen molar-refractivity contribution >= 4 is 45.1 Å². The summed E-state index contributed by atoms with van der Waals surface area (Å²) in [6, 6.07) is 12.8. The molecule has 0 N–H and O–H groups in total. The Morgan fingerprint density at radius 1 is 1.13 bits per heavy atom. The van der Waals surface area contributed by atoms with E-state index in [0.29, 0.717) is 32.5 Å². The van der Waals surface area contributed by atoms with E-state index in [4.69, 9.17) is 16.3 Å². The zero-order chi connectivity index (χ0) is 22.1. The van der Waals surface area contributed by atoms with Gasteiger partial charge in [-0.2, -0.15) is 0 Å². The highest BCUT2D eigenvalue weighted by molar-refractivity contribution is 6.35. The van der Waals surface area contributed by atoms with Crippen LogP contribution in [0.4, 0.5) is 5.69 Å². The molecule has 2 heterocycles. The molecule has 0 atom stereocenters. The predicted molar refractivity (Wildman–Crippen MR) is 125 cm³/mol. The zero-order valence-electron chi connectivity index (χ0n) is 17.6. The van der Waals surface area contributed by atoms with E-state index in [1.807, 2.05) is 47.8 Å². The lowest BCUT2D eigenvalue weighted by Gasteiger charge is -2.22. The minimum atomic E-state index is -0.384. The van der Waals surface area contributed by atoms with E-state index in [-0.39, 0.29) is 24.5 Å². The van der Waals surface area contributed by atoms with Gasteiger partial charge in [0.15, 0.2) is 5.43 Å². The largest absolute Gasteiger partial charge is 0.465 e. The maximum absolute atomic E-state index is 13.4. The Morgan fingerprint density at radius 3 is 2.58 bits per heavy atom. The molecule has 0 aliphatic carbocycles. The minimum absolute atomic E-state index is 0.0429. The third-order valence-electron chi connectivity index (χ3n) is 5.18. The minimum Gasteiger partial charge on any atom is -0.465 e. The number of ether oxygens (including phenoxy) is 1. The number of aromatic nitrogens is 2. The molecule has 0 bridgehead atoms. The van der Waals surface area contributed by atoms with Gasteiger partial charge < -0.3 is 14.2 Å². The number of hydrogen-bond acceptors (Lipinski definition) is 5. The molecule has 7 heteroatoms. The lowest BCUT2D eigenvalue weighted by atomic mass is 10.0. The fourth-order valence-corrected chi connectivity index (χ4v) is 4.18. The Kier molecular flexibility index (Phi) is 5.65. The van der Waals surface area contributed by atoms with Crippen molar-refractivity contribution in [2.75, 3.05) is 25.6 Å². The van der Waals surface area contributed by atoms with E-state index in [1.165, 1.54) is 0 Å². The van der Waals surface area contributed by atoms with Crippen molar-refractivity contribution in [3.8, 4) is 11.1 Å². The summed E-state index contributed by atoms with van der Waals surface area (Å²) in [5.74, 6) is -0.384. The number of hydrogen-bond donors (Lipinski definition) is 0. The quantitative estimate of drug-likeness (QED) is 0.341. The number of esters is 1. The van der Waals surface area contributed by atoms with Crippen LogP contribution in [0, 0.1) is 0 Å². The number of carbonyl (C=O) groups excluding carboxylic acids is 1. The first-order valence-corrected chi connectivity index (χ1v) is 10.3. The molecule has 0 aliphatic heterocycles. The van der Waals surface area contributed by atoms with Crippen molar-refractivity contribution in [1.82, 2.24) is 9.55 Å². The highest BCUT2D eigenvalue weighted by Crippen LogP contribution is 2.35. The third-order valence-corrected chi connectivity index (χ3v) is 5.49. The summed E-state index contributed by atoms with van der Waals surface area (Å²) in [5.41, 5.74) is 3.62. The first-order valence-electron chi connectivity index (χ1n) is 9.94. The number of carbonyl (C=O) groups is 1. The molecule has 158 valence electrons. The van der Waals surface area contributed by atoms with Gasteiger partial charge in [0, 0.05) is 42.8 Å². The molecule has 2 aromatic carbocycles. The normalized spacial score (nSPS) is 11.1. The van der Waals surface area contributed by atoms with Gasteiger partial charge in [0.05, 0.1) is 28.4 Å². The van der Waals surface area contributed by atoms with Crippen LogP contribution in [0.1, 0.15) is 6.92 Å². The lowest BCUT2D eigenvalue weighted by molar-refractivity contribution is -0.143. The fourth-order valence-electron chi connectivity index (χ4n) is 3.86. The fraction of sp³-hybridized carbons (Fsp3) is 0.208. The molecule has 31 heavy (non-hydrogen) atoms. The van der Waals surface area contributed by atoms with Crippen LogP contribution < -0.4 is 10.3 Å². The Bertz CT molecular complexity index is 1350. The van der Waals surface area contributed by atoms with Crippen molar-refractivity contribution in [1.29, 1.82) is 0 Å². The number of fused-ring (bicyclic) bond motifs is 2. The molecule has 4 rings (SSSR count). The van der Waals surface area contributed by atoms with E-state index >= 15 is 0 Å². The summed E-state index contributed by atoms with van der Waals surface area (Å²) in [6.45, 7) is 2.00. The van der Waals surface area contributed by atoms with Crippen molar-refractivity contribution in [2.24, 2.45) is 0 Å². The average Bonchev–Trinajstić information content (AvgIpc) is 2.76. The van der Waals surface area contributed by atoms with Crippen LogP contribution in [-0.4, -0.2) is 36.2 Å². The summed E-state index contributed by atoms with van der Waals surface area (Å²) in [5, 5.41) is 1.52. The second-order valence-electron chi connectivity index (χ2n) is 7.38. The molecule has 0 spiro atoms. The van der Waals surface area contributed by atoms with Crippen LogP contribution in [0.15, 0.2) is 59.7 Å². The van der Waals surface area contributed by atoms with E-state index in [0.717, 1.165) is 11.1 Å². The second-order valence-corrected chi connectivity index (χ2v) is 7.79. The molecule has 0 amide bonds. The van der Waals surface area contributed by atoms with Gasteiger partial charge in [-0.25, -0.2) is 0 Å². The van der Waals surface area contributed by atoms with E-state index in [9.17, 15) is 9.59 Å². The van der Waals surface area contributed by atoms with Crippen LogP contribution in [0.2, 0.25) is 5.02 Å².